The molecule has 0 saturated carbocycles. The molecule has 2 aliphatic rings. The molecule has 0 bridgehead atoms. The van der Waals surface area contributed by atoms with Gasteiger partial charge in [-0.3, -0.25) is 9.69 Å². The van der Waals surface area contributed by atoms with E-state index in [1.807, 2.05) is 6.08 Å². The Morgan fingerprint density at radius 1 is 1.50 bits per heavy atom. The van der Waals surface area contributed by atoms with Gasteiger partial charge in [-0.15, -0.1) is 0 Å². The van der Waals surface area contributed by atoms with Gasteiger partial charge in [0.05, 0.1) is 5.92 Å². The third-order valence-corrected chi connectivity index (χ3v) is 3.41. The molecule has 1 aliphatic heterocycles. The fourth-order valence-electron chi connectivity index (χ4n) is 2.56. The molecule has 14 heavy (non-hydrogen) atoms. The van der Waals surface area contributed by atoms with Crippen LogP contribution in [0, 0.1) is 5.92 Å². The molecule has 0 radical (unpaired) electrons. The number of likely N-dealkylation sites (tertiary alicyclic amines) is 1. The van der Waals surface area contributed by atoms with Gasteiger partial charge in [-0.1, -0.05) is 12.2 Å². The fourth-order valence-corrected chi connectivity index (χ4v) is 2.56. The number of rotatable bonds is 2. The summed E-state index contributed by atoms with van der Waals surface area (Å²) < 4.78 is 0. The number of aliphatic carboxylic acids is 1. The summed E-state index contributed by atoms with van der Waals surface area (Å²) in [5, 5.41) is 8.87. The van der Waals surface area contributed by atoms with Gasteiger partial charge >= 0.3 is 5.97 Å². The van der Waals surface area contributed by atoms with Gasteiger partial charge in [0.25, 0.3) is 0 Å². The molecule has 3 unspecified atom stereocenters. The number of carbonyl (C=O) groups is 1. The number of hydrogen-bond acceptors (Lipinski definition) is 2. The molecule has 3 nitrogen and oxygen atoms in total. The van der Waals surface area contributed by atoms with Crippen LogP contribution in [0.2, 0.25) is 0 Å². The lowest BCUT2D eigenvalue weighted by Crippen LogP contribution is -2.36. The predicted molar refractivity (Wildman–Crippen MR) is 54.1 cm³/mol. The fraction of sp³-hybridized carbons (Fsp3) is 0.727. The largest absolute Gasteiger partial charge is 0.481 e. The molecule has 0 aromatic heterocycles. The molecule has 2 rings (SSSR count). The molecule has 1 heterocycles. The van der Waals surface area contributed by atoms with Crippen LogP contribution >= 0.6 is 0 Å². The molecule has 0 spiro atoms. The minimum atomic E-state index is -0.685. The van der Waals surface area contributed by atoms with E-state index in [-0.39, 0.29) is 5.92 Å². The Kier molecular flexibility index (Phi) is 2.59. The maximum absolute atomic E-state index is 10.8. The van der Waals surface area contributed by atoms with Gasteiger partial charge in [-0.05, 0) is 32.7 Å². The second kappa shape index (κ2) is 3.73. The van der Waals surface area contributed by atoms with Gasteiger partial charge in [-0.2, -0.15) is 0 Å². The Morgan fingerprint density at radius 3 is 2.79 bits per heavy atom. The van der Waals surface area contributed by atoms with Crippen molar-refractivity contribution < 1.29 is 9.90 Å². The van der Waals surface area contributed by atoms with Crippen LogP contribution in [0.25, 0.3) is 0 Å². The summed E-state index contributed by atoms with van der Waals surface area (Å²) in [6, 6.07) is 0.991. The van der Waals surface area contributed by atoms with Gasteiger partial charge in [0.15, 0.2) is 0 Å². The molecule has 3 atom stereocenters. The average Bonchev–Trinajstić information content (AvgIpc) is 2.71. The van der Waals surface area contributed by atoms with Crippen molar-refractivity contribution in [2.75, 3.05) is 6.54 Å². The van der Waals surface area contributed by atoms with Crippen LogP contribution in [0.1, 0.15) is 26.2 Å². The second-order valence-electron chi connectivity index (χ2n) is 4.36. The SMILES string of the molecule is CC1CCCN1C1C=CC(C(=O)O)C1. The smallest absolute Gasteiger partial charge is 0.310 e. The number of carboxylic acid groups (broad SMARTS) is 1. The summed E-state index contributed by atoms with van der Waals surface area (Å²) in [5.41, 5.74) is 0. The van der Waals surface area contributed by atoms with E-state index in [0.29, 0.717) is 12.1 Å². The highest BCUT2D eigenvalue weighted by molar-refractivity contribution is 5.73. The van der Waals surface area contributed by atoms with Crippen molar-refractivity contribution in [3.8, 4) is 0 Å². The van der Waals surface area contributed by atoms with Crippen LogP contribution < -0.4 is 0 Å². The van der Waals surface area contributed by atoms with Crippen molar-refractivity contribution in [3.05, 3.63) is 12.2 Å². The molecule has 0 amide bonds. The Morgan fingerprint density at radius 2 is 2.29 bits per heavy atom. The van der Waals surface area contributed by atoms with E-state index in [4.69, 9.17) is 5.11 Å². The van der Waals surface area contributed by atoms with E-state index >= 15 is 0 Å². The second-order valence-corrected chi connectivity index (χ2v) is 4.36. The molecule has 1 aliphatic carbocycles. The number of nitrogens with zero attached hydrogens (tertiary/aromatic N) is 1. The monoisotopic (exact) mass is 195 g/mol. The highest BCUT2D eigenvalue weighted by Gasteiger charge is 2.32. The first kappa shape index (κ1) is 9.71. The lowest BCUT2D eigenvalue weighted by Gasteiger charge is -2.27. The zero-order valence-electron chi connectivity index (χ0n) is 8.52. The maximum Gasteiger partial charge on any atom is 0.310 e. The van der Waals surface area contributed by atoms with Gasteiger partial charge in [-0.25, -0.2) is 0 Å². The molecule has 1 saturated heterocycles. The minimum absolute atomic E-state index is 0.257. The van der Waals surface area contributed by atoms with E-state index < -0.39 is 5.97 Å². The van der Waals surface area contributed by atoms with Crippen LogP contribution in [0.15, 0.2) is 12.2 Å². The topological polar surface area (TPSA) is 40.5 Å². The molecule has 1 fully saturated rings. The normalized spacial score (nSPS) is 37.9. The summed E-state index contributed by atoms with van der Waals surface area (Å²) in [6.07, 6.45) is 7.18. The molecule has 0 aromatic rings. The Bertz CT molecular complexity index is 262. The number of carboxylic acids is 1. The Hall–Kier alpha value is -0.830. The highest BCUT2D eigenvalue weighted by atomic mass is 16.4. The van der Waals surface area contributed by atoms with Gasteiger partial charge < -0.3 is 5.11 Å². The van der Waals surface area contributed by atoms with Crippen molar-refractivity contribution in [2.45, 2.75) is 38.3 Å². The zero-order valence-corrected chi connectivity index (χ0v) is 8.52. The zero-order chi connectivity index (χ0) is 10.1. The quantitative estimate of drug-likeness (QED) is 0.679. The third-order valence-electron chi connectivity index (χ3n) is 3.41. The van der Waals surface area contributed by atoms with Crippen molar-refractivity contribution in [1.82, 2.24) is 4.90 Å². The Labute approximate surface area is 84.4 Å². The van der Waals surface area contributed by atoms with Crippen molar-refractivity contribution in [2.24, 2.45) is 5.92 Å². The van der Waals surface area contributed by atoms with Crippen LogP contribution in [0.4, 0.5) is 0 Å². The lowest BCUT2D eigenvalue weighted by atomic mass is 10.1. The maximum atomic E-state index is 10.8. The Balaban J connectivity index is 1.96. The van der Waals surface area contributed by atoms with Gasteiger partial charge in [0, 0.05) is 12.1 Å². The lowest BCUT2D eigenvalue weighted by molar-refractivity contribution is -0.140. The summed E-state index contributed by atoms with van der Waals surface area (Å²) in [5.74, 6) is -0.941. The standard InChI is InChI=1S/C11H17NO2/c1-8-3-2-6-12(8)10-5-4-9(7-10)11(13)14/h4-5,8-10H,2-3,6-7H2,1H3,(H,13,14). The van der Waals surface area contributed by atoms with E-state index in [2.05, 4.69) is 17.9 Å². The highest BCUT2D eigenvalue weighted by Crippen LogP contribution is 2.28. The van der Waals surface area contributed by atoms with Gasteiger partial charge in [0.2, 0.25) is 0 Å². The molecular formula is C11H17NO2. The first-order valence-electron chi connectivity index (χ1n) is 5.35. The predicted octanol–water partition coefficient (Wildman–Crippen LogP) is 1.50. The summed E-state index contributed by atoms with van der Waals surface area (Å²) in [7, 11) is 0. The molecule has 78 valence electrons. The van der Waals surface area contributed by atoms with Crippen LogP contribution in [0.3, 0.4) is 0 Å². The summed E-state index contributed by atoms with van der Waals surface area (Å²) in [4.78, 5) is 13.2. The van der Waals surface area contributed by atoms with E-state index in [1.165, 1.54) is 12.8 Å². The van der Waals surface area contributed by atoms with Crippen LogP contribution in [-0.2, 0) is 4.79 Å². The first-order valence-corrected chi connectivity index (χ1v) is 5.35. The molecule has 3 heteroatoms. The van der Waals surface area contributed by atoms with E-state index in [0.717, 1.165) is 13.0 Å². The van der Waals surface area contributed by atoms with E-state index in [1.54, 1.807) is 0 Å². The minimum Gasteiger partial charge on any atom is -0.481 e. The van der Waals surface area contributed by atoms with E-state index in [9.17, 15) is 4.79 Å². The first-order chi connectivity index (χ1) is 6.68. The van der Waals surface area contributed by atoms with Crippen molar-refractivity contribution >= 4 is 5.97 Å². The van der Waals surface area contributed by atoms with Gasteiger partial charge in [0.1, 0.15) is 0 Å². The third kappa shape index (κ3) is 1.69. The van der Waals surface area contributed by atoms with Crippen LogP contribution in [0.5, 0.6) is 0 Å². The van der Waals surface area contributed by atoms with Crippen LogP contribution in [-0.4, -0.2) is 34.6 Å². The molecule has 0 aromatic carbocycles. The van der Waals surface area contributed by atoms with Crippen molar-refractivity contribution in [1.29, 1.82) is 0 Å². The average molecular weight is 195 g/mol. The number of hydrogen-bond donors (Lipinski definition) is 1. The summed E-state index contributed by atoms with van der Waals surface area (Å²) in [6.45, 7) is 3.36. The molecular weight excluding hydrogens is 178 g/mol. The molecule has 1 N–H and O–H groups in total. The van der Waals surface area contributed by atoms with Crippen molar-refractivity contribution in [3.63, 3.8) is 0 Å². The summed E-state index contributed by atoms with van der Waals surface area (Å²) >= 11 is 0.